The number of piperidine rings is 1. The van der Waals surface area contributed by atoms with Gasteiger partial charge >= 0.3 is 0 Å². The highest BCUT2D eigenvalue weighted by Crippen LogP contribution is 2.19. The molecule has 1 aliphatic heterocycles. The highest BCUT2D eigenvalue weighted by atomic mass is 127. The van der Waals surface area contributed by atoms with E-state index < -0.39 is 0 Å². The van der Waals surface area contributed by atoms with Crippen LogP contribution in [0.2, 0.25) is 0 Å². The van der Waals surface area contributed by atoms with Gasteiger partial charge in [-0.05, 0) is 44.8 Å². The largest absolute Gasteiger partial charge is 0.356 e. The number of rotatable bonds is 7. The van der Waals surface area contributed by atoms with Crippen LogP contribution in [-0.2, 0) is 6.54 Å². The van der Waals surface area contributed by atoms with Crippen molar-refractivity contribution in [2.24, 2.45) is 10.9 Å². The quantitative estimate of drug-likeness (QED) is 0.271. The summed E-state index contributed by atoms with van der Waals surface area (Å²) in [5.74, 6) is 2.27. The molecule has 0 atom stereocenters. The molecule has 0 aromatic carbocycles. The molecule has 0 amide bonds. The maximum Gasteiger partial charge on any atom is 0.191 e. The zero-order valence-electron chi connectivity index (χ0n) is 16.0. The molecule has 2 N–H and O–H groups in total. The number of guanidine groups is 1. The van der Waals surface area contributed by atoms with Crippen molar-refractivity contribution in [1.29, 1.82) is 0 Å². The van der Waals surface area contributed by atoms with E-state index in [1.54, 1.807) is 11.3 Å². The molecule has 0 aliphatic carbocycles. The molecule has 7 heteroatoms. The molecule has 1 saturated heterocycles. The SMILES string of the molecule is CN=C(NCCCN1CCC(C)CC1)NCc1csc(C(C)C)n1.I. The van der Waals surface area contributed by atoms with E-state index in [1.807, 2.05) is 7.05 Å². The lowest BCUT2D eigenvalue weighted by atomic mass is 9.99. The molecule has 0 spiro atoms. The molecule has 1 aromatic rings. The summed E-state index contributed by atoms with van der Waals surface area (Å²) in [5.41, 5.74) is 1.09. The Morgan fingerprint density at radius 1 is 1.36 bits per heavy atom. The molecule has 144 valence electrons. The minimum absolute atomic E-state index is 0. The van der Waals surface area contributed by atoms with Crippen LogP contribution in [0.25, 0.3) is 0 Å². The van der Waals surface area contributed by atoms with Crippen LogP contribution in [0.3, 0.4) is 0 Å². The first-order valence-corrected chi connectivity index (χ1v) is 10.1. The fourth-order valence-electron chi connectivity index (χ4n) is 2.86. The summed E-state index contributed by atoms with van der Waals surface area (Å²) in [4.78, 5) is 11.5. The molecule has 5 nitrogen and oxygen atoms in total. The van der Waals surface area contributed by atoms with Crippen molar-refractivity contribution in [3.05, 3.63) is 16.1 Å². The van der Waals surface area contributed by atoms with Crippen LogP contribution < -0.4 is 10.6 Å². The number of hydrogen-bond donors (Lipinski definition) is 2. The van der Waals surface area contributed by atoms with Crippen molar-refractivity contribution in [2.45, 2.75) is 52.5 Å². The van der Waals surface area contributed by atoms with Gasteiger partial charge in [0.2, 0.25) is 0 Å². The Morgan fingerprint density at radius 3 is 2.68 bits per heavy atom. The van der Waals surface area contributed by atoms with Gasteiger partial charge < -0.3 is 15.5 Å². The molecular formula is C18H34IN5S. The minimum Gasteiger partial charge on any atom is -0.356 e. The van der Waals surface area contributed by atoms with Gasteiger partial charge in [-0.1, -0.05) is 20.8 Å². The Bertz CT molecular complexity index is 509. The Balaban J connectivity index is 0.00000312. The van der Waals surface area contributed by atoms with Crippen LogP contribution in [0.4, 0.5) is 0 Å². The number of halogens is 1. The predicted molar refractivity (Wildman–Crippen MR) is 119 cm³/mol. The highest BCUT2D eigenvalue weighted by Gasteiger charge is 2.14. The second-order valence-corrected chi connectivity index (χ2v) is 7.95. The number of aromatic nitrogens is 1. The minimum atomic E-state index is 0. The topological polar surface area (TPSA) is 52.6 Å². The maximum atomic E-state index is 4.65. The lowest BCUT2D eigenvalue weighted by Crippen LogP contribution is -2.39. The third-order valence-corrected chi connectivity index (χ3v) is 5.74. The van der Waals surface area contributed by atoms with E-state index in [2.05, 4.69) is 51.7 Å². The van der Waals surface area contributed by atoms with Crippen molar-refractivity contribution >= 4 is 41.3 Å². The van der Waals surface area contributed by atoms with E-state index in [4.69, 9.17) is 0 Å². The van der Waals surface area contributed by atoms with Crippen molar-refractivity contribution in [3.8, 4) is 0 Å². The second-order valence-electron chi connectivity index (χ2n) is 7.06. The Labute approximate surface area is 174 Å². The number of aliphatic imine (C=N–C) groups is 1. The molecule has 0 radical (unpaired) electrons. The van der Waals surface area contributed by atoms with Crippen LogP contribution in [0.5, 0.6) is 0 Å². The highest BCUT2D eigenvalue weighted by molar-refractivity contribution is 14.0. The first-order chi connectivity index (χ1) is 11.6. The Morgan fingerprint density at radius 2 is 2.08 bits per heavy atom. The summed E-state index contributed by atoms with van der Waals surface area (Å²) in [7, 11) is 1.82. The van der Waals surface area contributed by atoms with Crippen LogP contribution in [-0.4, -0.2) is 49.1 Å². The molecular weight excluding hydrogens is 445 g/mol. The average molecular weight is 479 g/mol. The molecule has 1 fully saturated rings. The standard InChI is InChI=1S/C18H33N5S.HI/c1-14(2)17-22-16(13-24-17)12-21-18(19-4)20-8-5-9-23-10-6-15(3)7-11-23;/h13-15H,5-12H2,1-4H3,(H2,19,20,21);1H. The lowest BCUT2D eigenvalue weighted by molar-refractivity contribution is 0.191. The van der Waals surface area contributed by atoms with Gasteiger partial charge in [0, 0.05) is 24.9 Å². The maximum absolute atomic E-state index is 4.65. The van der Waals surface area contributed by atoms with Crippen LogP contribution in [0.15, 0.2) is 10.4 Å². The van der Waals surface area contributed by atoms with E-state index in [1.165, 1.54) is 37.5 Å². The van der Waals surface area contributed by atoms with E-state index in [0.29, 0.717) is 5.92 Å². The van der Waals surface area contributed by atoms with E-state index in [9.17, 15) is 0 Å². The smallest absolute Gasteiger partial charge is 0.191 e. The number of likely N-dealkylation sites (tertiary alicyclic amines) is 1. The monoisotopic (exact) mass is 479 g/mol. The Kier molecular flexibility index (Phi) is 10.9. The molecule has 2 rings (SSSR count). The van der Waals surface area contributed by atoms with Gasteiger partial charge in [0.25, 0.3) is 0 Å². The number of thiazole rings is 1. The molecule has 1 aliphatic rings. The van der Waals surface area contributed by atoms with Gasteiger partial charge in [0.15, 0.2) is 5.96 Å². The summed E-state index contributed by atoms with van der Waals surface area (Å²) in [5, 5.41) is 10.1. The zero-order valence-corrected chi connectivity index (χ0v) is 19.2. The summed E-state index contributed by atoms with van der Waals surface area (Å²) in [6.07, 6.45) is 3.86. The molecule has 0 saturated carbocycles. The molecule has 1 aromatic heterocycles. The van der Waals surface area contributed by atoms with Gasteiger partial charge in [-0.15, -0.1) is 35.3 Å². The summed E-state index contributed by atoms with van der Waals surface area (Å²) in [6.45, 7) is 12.1. The van der Waals surface area contributed by atoms with Gasteiger partial charge in [-0.2, -0.15) is 0 Å². The van der Waals surface area contributed by atoms with E-state index >= 15 is 0 Å². The van der Waals surface area contributed by atoms with Crippen LogP contribution >= 0.6 is 35.3 Å². The lowest BCUT2D eigenvalue weighted by Gasteiger charge is -2.30. The molecule has 0 bridgehead atoms. The van der Waals surface area contributed by atoms with Crippen molar-refractivity contribution < 1.29 is 0 Å². The van der Waals surface area contributed by atoms with Crippen molar-refractivity contribution in [3.63, 3.8) is 0 Å². The number of hydrogen-bond acceptors (Lipinski definition) is 4. The molecule has 2 heterocycles. The number of nitrogens with zero attached hydrogens (tertiary/aromatic N) is 3. The fraction of sp³-hybridized carbons (Fsp3) is 0.778. The van der Waals surface area contributed by atoms with Gasteiger partial charge in [0.05, 0.1) is 17.2 Å². The van der Waals surface area contributed by atoms with Gasteiger partial charge in [0.1, 0.15) is 0 Å². The Hall–Kier alpha value is -0.410. The molecule has 0 unspecified atom stereocenters. The normalized spacial score (nSPS) is 16.8. The van der Waals surface area contributed by atoms with E-state index in [0.717, 1.165) is 37.1 Å². The predicted octanol–water partition coefficient (Wildman–Crippen LogP) is 3.67. The zero-order chi connectivity index (χ0) is 17.4. The van der Waals surface area contributed by atoms with Gasteiger partial charge in [-0.25, -0.2) is 4.98 Å². The third-order valence-electron chi connectivity index (χ3n) is 4.54. The third kappa shape index (κ3) is 8.21. The summed E-state index contributed by atoms with van der Waals surface area (Å²) >= 11 is 1.74. The van der Waals surface area contributed by atoms with E-state index in [-0.39, 0.29) is 24.0 Å². The first-order valence-electron chi connectivity index (χ1n) is 9.19. The number of nitrogens with one attached hydrogen (secondary N) is 2. The molecule has 25 heavy (non-hydrogen) atoms. The second kappa shape index (κ2) is 12.1. The fourth-order valence-corrected chi connectivity index (χ4v) is 3.69. The van der Waals surface area contributed by atoms with Gasteiger partial charge in [-0.3, -0.25) is 4.99 Å². The van der Waals surface area contributed by atoms with Crippen LogP contribution in [0.1, 0.15) is 56.7 Å². The van der Waals surface area contributed by atoms with Crippen molar-refractivity contribution in [1.82, 2.24) is 20.5 Å². The average Bonchev–Trinajstić information content (AvgIpc) is 3.05. The first kappa shape index (κ1) is 22.6. The van der Waals surface area contributed by atoms with Crippen molar-refractivity contribution in [2.75, 3.05) is 33.2 Å². The van der Waals surface area contributed by atoms with Crippen LogP contribution in [0, 0.1) is 5.92 Å². The summed E-state index contributed by atoms with van der Waals surface area (Å²) in [6, 6.07) is 0. The summed E-state index contributed by atoms with van der Waals surface area (Å²) < 4.78 is 0.